The molecule has 4 atom stereocenters. The summed E-state index contributed by atoms with van der Waals surface area (Å²) in [6.45, 7) is 4.32. The van der Waals surface area contributed by atoms with Crippen LogP contribution in [0.4, 0.5) is 0 Å². The molecule has 0 amide bonds. The van der Waals surface area contributed by atoms with Gasteiger partial charge in [0.25, 0.3) is 0 Å². The molecule has 1 saturated heterocycles. The Morgan fingerprint density at radius 2 is 1.16 bits per heavy atom. The second-order valence-corrected chi connectivity index (χ2v) is 6.56. The van der Waals surface area contributed by atoms with Gasteiger partial charge in [-0.15, -0.1) is 0 Å². The standard InChI is InChI=1S/C20H24O5/c1-11-12(2)20(14-6-8-16(22)18(10-14)24-4)25-19(11)13-5-7-15(21)17(9-13)23-3/h5-12,19-22H,1-4H3/t11-,12-,19?,20?/m0/s1. The average molecular weight is 344 g/mol. The first-order chi connectivity index (χ1) is 12.0. The highest BCUT2D eigenvalue weighted by molar-refractivity contribution is 5.44. The van der Waals surface area contributed by atoms with Crippen LogP contribution in [0.25, 0.3) is 0 Å². The molecule has 0 aliphatic carbocycles. The van der Waals surface area contributed by atoms with E-state index in [0.29, 0.717) is 11.5 Å². The third-order valence-electron chi connectivity index (χ3n) is 5.14. The molecule has 1 heterocycles. The molecule has 0 bridgehead atoms. The number of benzene rings is 2. The van der Waals surface area contributed by atoms with Crippen LogP contribution in [-0.4, -0.2) is 24.4 Å². The van der Waals surface area contributed by atoms with Crippen molar-refractivity contribution in [1.29, 1.82) is 0 Å². The lowest BCUT2D eigenvalue weighted by Crippen LogP contribution is -2.10. The van der Waals surface area contributed by atoms with E-state index in [9.17, 15) is 10.2 Å². The van der Waals surface area contributed by atoms with E-state index >= 15 is 0 Å². The van der Waals surface area contributed by atoms with Crippen molar-refractivity contribution in [2.75, 3.05) is 14.2 Å². The van der Waals surface area contributed by atoms with Crippen LogP contribution in [-0.2, 0) is 4.74 Å². The first kappa shape index (κ1) is 17.4. The van der Waals surface area contributed by atoms with Crippen molar-refractivity contribution in [3.05, 3.63) is 47.5 Å². The van der Waals surface area contributed by atoms with Crippen molar-refractivity contribution in [2.24, 2.45) is 11.8 Å². The number of ether oxygens (including phenoxy) is 3. The summed E-state index contributed by atoms with van der Waals surface area (Å²) in [6.07, 6.45) is -0.205. The van der Waals surface area contributed by atoms with Gasteiger partial charge in [-0.1, -0.05) is 26.0 Å². The molecule has 2 aromatic rings. The Balaban J connectivity index is 1.91. The summed E-state index contributed by atoms with van der Waals surface area (Å²) < 4.78 is 16.8. The topological polar surface area (TPSA) is 68.2 Å². The van der Waals surface area contributed by atoms with Gasteiger partial charge in [-0.05, 0) is 47.2 Å². The summed E-state index contributed by atoms with van der Waals surface area (Å²) in [5.41, 5.74) is 1.95. The SMILES string of the molecule is COc1cc(C2OC(c3ccc(O)c(OC)c3)[C@@H](C)[C@@H]2C)ccc1O. The first-order valence-electron chi connectivity index (χ1n) is 8.35. The number of phenolic OH excluding ortho intramolecular Hbond substituents is 2. The van der Waals surface area contributed by atoms with Crippen LogP contribution < -0.4 is 9.47 Å². The molecule has 0 saturated carbocycles. The summed E-state index contributed by atoms with van der Waals surface area (Å²) in [5, 5.41) is 19.6. The van der Waals surface area contributed by atoms with E-state index in [1.54, 1.807) is 12.1 Å². The molecule has 1 fully saturated rings. The van der Waals surface area contributed by atoms with Gasteiger partial charge in [0.15, 0.2) is 23.0 Å². The van der Waals surface area contributed by atoms with Crippen molar-refractivity contribution < 1.29 is 24.4 Å². The monoisotopic (exact) mass is 344 g/mol. The number of hydrogen-bond acceptors (Lipinski definition) is 5. The van der Waals surface area contributed by atoms with Crippen molar-refractivity contribution >= 4 is 0 Å². The Labute approximate surface area is 147 Å². The zero-order chi connectivity index (χ0) is 18.1. The normalized spacial score (nSPS) is 25.8. The second kappa shape index (κ2) is 6.84. The molecule has 1 aliphatic rings. The van der Waals surface area contributed by atoms with Crippen molar-refractivity contribution in [1.82, 2.24) is 0 Å². The lowest BCUT2D eigenvalue weighted by molar-refractivity contribution is 0.0288. The summed E-state index contributed by atoms with van der Waals surface area (Å²) in [4.78, 5) is 0. The molecule has 0 radical (unpaired) electrons. The summed E-state index contributed by atoms with van der Waals surface area (Å²) in [6, 6.07) is 10.6. The largest absolute Gasteiger partial charge is 0.504 e. The quantitative estimate of drug-likeness (QED) is 0.870. The summed E-state index contributed by atoms with van der Waals surface area (Å²) in [7, 11) is 3.07. The van der Waals surface area contributed by atoms with Crippen molar-refractivity contribution in [3.63, 3.8) is 0 Å². The minimum absolute atomic E-state index is 0.103. The maximum Gasteiger partial charge on any atom is 0.160 e. The van der Waals surface area contributed by atoms with Gasteiger partial charge in [-0.3, -0.25) is 0 Å². The van der Waals surface area contributed by atoms with Gasteiger partial charge in [-0.25, -0.2) is 0 Å². The van der Waals surface area contributed by atoms with Crippen LogP contribution in [0.1, 0.15) is 37.2 Å². The summed E-state index contributed by atoms with van der Waals surface area (Å²) in [5.74, 6) is 1.67. The van der Waals surface area contributed by atoms with Gasteiger partial charge in [0, 0.05) is 0 Å². The van der Waals surface area contributed by atoms with Crippen LogP contribution >= 0.6 is 0 Å². The van der Waals surface area contributed by atoms with Gasteiger partial charge in [0.2, 0.25) is 0 Å². The van der Waals surface area contributed by atoms with Gasteiger partial charge in [-0.2, -0.15) is 0 Å². The lowest BCUT2D eigenvalue weighted by atomic mass is 9.85. The summed E-state index contributed by atoms with van der Waals surface area (Å²) >= 11 is 0. The van der Waals surface area contributed by atoms with E-state index in [4.69, 9.17) is 14.2 Å². The maximum atomic E-state index is 9.81. The molecule has 134 valence electrons. The highest BCUT2D eigenvalue weighted by Crippen LogP contribution is 2.50. The molecule has 5 heteroatoms. The molecule has 2 unspecified atom stereocenters. The Morgan fingerprint density at radius 1 is 0.760 bits per heavy atom. The Kier molecular flexibility index (Phi) is 4.77. The van der Waals surface area contributed by atoms with E-state index < -0.39 is 0 Å². The molecular formula is C20H24O5. The molecule has 5 nitrogen and oxygen atoms in total. The van der Waals surface area contributed by atoms with E-state index in [0.717, 1.165) is 11.1 Å². The number of aromatic hydroxyl groups is 2. The average Bonchev–Trinajstić information content (AvgIpc) is 2.91. The van der Waals surface area contributed by atoms with E-state index in [-0.39, 0.29) is 35.5 Å². The van der Waals surface area contributed by atoms with E-state index in [1.165, 1.54) is 14.2 Å². The van der Waals surface area contributed by atoms with Crippen LogP contribution in [0.2, 0.25) is 0 Å². The molecule has 2 N–H and O–H groups in total. The minimum Gasteiger partial charge on any atom is -0.504 e. The number of methoxy groups -OCH3 is 2. The highest BCUT2D eigenvalue weighted by atomic mass is 16.5. The first-order valence-corrected chi connectivity index (χ1v) is 8.35. The molecule has 1 aliphatic heterocycles. The van der Waals surface area contributed by atoms with Crippen LogP contribution in [0.15, 0.2) is 36.4 Å². The molecule has 2 aromatic carbocycles. The van der Waals surface area contributed by atoms with E-state index in [1.807, 2.05) is 24.3 Å². The number of phenols is 2. The highest BCUT2D eigenvalue weighted by Gasteiger charge is 2.41. The minimum atomic E-state index is -0.103. The van der Waals surface area contributed by atoms with E-state index in [2.05, 4.69) is 13.8 Å². The molecule has 0 spiro atoms. The Hall–Kier alpha value is -2.40. The van der Waals surface area contributed by atoms with Crippen LogP contribution in [0, 0.1) is 11.8 Å². The number of hydrogen-bond donors (Lipinski definition) is 2. The predicted molar refractivity (Wildman–Crippen MR) is 94.2 cm³/mol. The number of rotatable bonds is 4. The molecule has 25 heavy (non-hydrogen) atoms. The van der Waals surface area contributed by atoms with Gasteiger partial charge < -0.3 is 24.4 Å². The molecular weight excluding hydrogens is 320 g/mol. The molecule has 3 rings (SSSR count). The predicted octanol–water partition coefficient (Wildman–Crippen LogP) is 4.20. The van der Waals surface area contributed by atoms with Crippen LogP contribution in [0.5, 0.6) is 23.0 Å². The van der Waals surface area contributed by atoms with Crippen molar-refractivity contribution in [2.45, 2.75) is 26.1 Å². The van der Waals surface area contributed by atoms with Crippen LogP contribution in [0.3, 0.4) is 0 Å². The Morgan fingerprint density at radius 3 is 1.52 bits per heavy atom. The second-order valence-electron chi connectivity index (χ2n) is 6.56. The zero-order valence-corrected chi connectivity index (χ0v) is 14.9. The fourth-order valence-corrected chi connectivity index (χ4v) is 3.46. The zero-order valence-electron chi connectivity index (χ0n) is 14.9. The Bertz CT molecular complexity index is 694. The van der Waals surface area contributed by atoms with Crippen molar-refractivity contribution in [3.8, 4) is 23.0 Å². The maximum absolute atomic E-state index is 9.81. The molecule has 0 aromatic heterocycles. The van der Waals surface area contributed by atoms with Gasteiger partial charge >= 0.3 is 0 Å². The van der Waals surface area contributed by atoms with Gasteiger partial charge in [0.1, 0.15) is 0 Å². The third kappa shape index (κ3) is 3.12. The lowest BCUT2D eigenvalue weighted by Gasteiger charge is -2.18. The third-order valence-corrected chi connectivity index (χ3v) is 5.14. The van der Waals surface area contributed by atoms with Gasteiger partial charge in [0.05, 0.1) is 26.4 Å². The smallest absolute Gasteiger partial charge is 0.160 e. The fourth-order valence-electron chi connectivity index (χ4n) is 3.46. The fraction of sp³-hybridized carbons (Fsp3) is 0.400.